The third-order valence-electron chi connectivity index (χ3n) is 5.95. The highest BCUT2D eigenvalue weighted by Crippen LogP contribution is 2.36. The zero-order valence-corrected chi connectivity index (χ0v) is 19.6. The van der Waals surface area contributed by atoms with Crippen molar-refractivity contribution in [3.05, 3.63) is 71.2 Å². The van der Waals surface area contributed by atoms with E-state index in [4.69, 9.17) is 0 Å². The molecule has 2 aromatic carbocycles. The Labute approximate surface area is 197 Å². The fourth-order valence-electron chi connectivity index (χ4n) is 4.06. The number of nitrogens with zero attached hydrogens (tertiary/aromatic N) is 4. The zero-order chi connectivity index (χ0) is 24.4. The van der Waals surface area contributed by atoms with E-state index in [9.17, 15) is 14.0 Å². The van der Waals surface area contributed by atoms with Gasteiger partial charge in [0.1, 0.15) is 17.5 Å². The SMILES string of the molecule is CC[C@@H]1C(=O)N(C)c2c(C)nc(NCc3ccc(NC(=O)c4ccc(F)cc4)cc3)nc2N1C. The molecule has 176 valence electrons. The van der Waals surface area contributed by atoms with Crippen LogP contribution in [0.2, 0.25) is 0 Å². The molecular formula is C25H27FN6O2. The number of rotatable bonds is 6. The van der Waals surface area contributed by atoms with Gasteiger partial charge in [0.15, 0.2) is 5.82 Å². The van der Waals surface area contributed by atoms with E-state index in [0.717, 1.165) is 22.8 Å². The molecule has 2 heterocycles. The molecule has 0 saturated heterocycles. The third-order valence-corrected chi connectivity index (χ3v) is 5.95. The van der Waals surface area contributed by atoms with E-state index in [1.54, 1.807) is 24.1 Å². The Bertz CT molecular complexity index is 1210. The number of likely N-dealkylation sites (N-methyl/N-ethyl adjacent to an activating group) is 2. The van der Waals surface area contributed by atoms with Crippen LogP contribution in [0.25, 0.3) is 0 Å². The predicted molar refractivity (Wildman–Crippen MR) is 131 cm³/mol. The largest absolute Gasteiger partial charge is 0.350 e. The van der Waals surface area contributed by atoms with Crippen LogP contribution in [0.5, 0.6) is 0 Å². The lowest BCUT2D eigenvalue weighted by Gasteiger charge is -2.38. The predicted octanol–water partition coefficient (Wildman–Crippen LogP) is 3.98. The van der Waals surface area contributed by atoms with Gasteiger partial charge in [0.2, 0.25) is 11.9 Å². The van der Waals surface area contributed by atoms with Crippen LogP contribution < -0.4 is 20.4 Å². The molecule has 0 aliphatic carbocycles. The first kappa shape index (κ1) is 23.2. The lowest BCUT2D eigenvalue weighted by atomic mass is 10.1. The molecule has 0 saturated carbocycles. The number of aryl methyl sites for hydroxylation is 1. The number of benzene rings is 2. The molecule has 2 amide bonds. The zero-order valence-electron chi connectivity index (χ0n) is 19.6. The maximum atomic E-state index is 13.0. The van der Waals surface area contributed by atoms with Gasteiger partial charge in [-0.3, -0.25) is 9.59 Å². The minimum Gasteiger partial charge on any atom is -0.350 e. The molecule has 1 aliphatic rings. The number of anilines is 4. The topological polar surface area (TPSA) is 90.5 Å². The number of carbonyl (C=O) groups excluding carboxylic acids is 2. The van der Waals surface area contributed by atoms with Crippen LogP contribution >= 0.6 is 0 Å². The average molecular weight is 463 g/mol. The Kier molecular flexibility index (Phi) is 6.45. The van der Waals surface area contributed by atoms with Crippen LogP contribution in [0.15, 0.2) is 48.5 Å². The van der Waals surface area contributed by atoms with Crippen molar-refractivity contribution in [3.63, 3.8) is 0 Å². The number of carbonyl (C=O) groups is 2. The number of halogens is 1. The summed E-state index contributed by atoms with van der Waals surface area (Å²) in [6, 6.07) is 12.5. The van der Waals surface area contributed by atoms with E-state index < -0.39 is 0 Å². The first-order valence-electron chi connectivity index (χ1n) is 11.1. The number of hydrogen-bond acceptors (Lipinski definition) is 6. The molecule has 8 nitrogen and oxygen atoms in total. The van der Waals surface area contributed by atoms with Gasteiger partial charge in [-0.15, -0.1) is 0 Å². The quantitative estimate of drug-likeness (QED) is 0.576. The lowest BCUT2D eigenvalue weighted by Crippen LogP contribution is -2.51. The Morgan fingerprint density at radius 3 is 2.38 bits per heavy atom. The average Bonchev–Trinajstić information content (AvgIpc) is 2.82. The minimum absolute atomic E-state index is 0.0384. The van der Waals surface area contributed by atoms with Crippen LogP contribution in [0.1, 0.15) is 35.0 Å². The van der Waals surface area contributed by atoms with E-state index in [-0.39, 0.29) is 23.7 Å². The van der Waals surface area contributed by atoms with Crippen LogP contribution in [0.3, 0.4) is 0 Å². The summed E-state index contributed by atoms with van der Waals surface area (Å²) in [7, 11) is 3.64. The molecule has 1 atom stereocenters. The molecule has 2 N–H and O–H groups in total. The monoisotopic (exact) mass is 462 g/mol. The van der Waals surface area contributed by atoms with E-state index in [2.05, 4.69) is 20.6 Å². The molecular weight excluding hydrogens is 435 g/mol. The summed E-state index contributed by atoms with van der Waals surface area (Å²) in [5, 5.41) is 6.05. The summed E-state index contributed by atoms with van der Waals surface area (Å²) >= 11 is 0. The number of aromatic nitrogens is 2. The van der Waals surface area contributed by atoms with Gasteiger partial charge in [0.05, 0.1) is 5.69 Å². The summed E-state index contributed by atoms with van der Waals surface area (Å²) in [6.45, 7) is 4.34. The molecule has 0 fully saturated rings. The van der Waals surface area contributed by atoms with E-state index in [0.29, 0.717) is 30.2 Å². The normalized spacial score (nSPS) is 15.2. The Morgan fingerprint density at radius 2 is 1.74 bits per heavy atom. The third kappa shape index (κ3) is 4.54. The van der Waals surface area contributed by atoms with Gasteiger partial charge in [-0.25, -0.2) is 9.37 Å². The summed E-state index contributed by atoms with van der Waals surface area (Å²) < 4.78 is 13.0. The van der Waals surface area contributed by atoms with Crippen molar-refractivity contribution in [2.75, 3.05) is 34.5 Å². The Morgan fingerprint density at radius 1 is 1.06 bits per heavy atom. The van der Waals surface area contributed by atoms with Crippen LogP contribution in [-0.2, 0) is 11.3 Å². The Hall–Kier alpha value is -4.01. The van der Waals surface area contributed by atoms with Crippen LogP contribution in [0.4, 0.5) is 27.5 Å². The van der Waals surface area contributed by atoms with E-state index in [1.165, 1.54) is 24.3 Å². The van der Waals surface area contributed by atoms with E-state index >= 15 is 0 Å². The van der Waals surface area contributed by atoms with Crippen LogP contribution in [0, 0.1) is 12.7 Å². The molecule has 0 spiro atoms. The molecule has 4 rings (SSSR count). The van der Waals surface area contributed by atoms with Gasteiger partial charge in [-0.05, 0) is 55.3 Å². The number of nitrogens with one attached hydrogen (secondary N) is 2. The van der Waals surface area contributed by atoms with Crippen molar-refractivity contribution >= 4 is 35.0 Å². The standard InChI is InChI=1S/C25H27FN6O2/c1-5-20-24(34)32(4)21-15(2)28-25(30-22(21)31(20)3)27-14-16-6-12-19(13-7-16)29-23(33)17-8-10-18(26)11-9-17/h6-13,20H,5,14H2,1-4H3,(H,29,33)(H,27,28,30)/t20-/m1/s1. The molecule has 9 heteroatoms. The highest BCUT2D eigenvalue weighted by atomic mass is 19.1. The molecule has 3 aromatic rings. The van der Waals surface area contributed by atoms with Gasteiger partial charge >= 0.3 is 0 Å². The van der Waals surface area contributed by atoms with E-state index in [1.807, 2.05) is 37.9 Å². The number of amides is 2. The summed E-state index contributed by atoms with van der Waals surface area (Å²) in [5.74, 6) is 0.555. The van der Waals surface area contributed by atoms with Crippen LogP contribution in [-0.4, -0.2) is 41.9 Å². The fraction of sp³-hybridized carbons (Fsp3) is 0.280. The second kappa shape index (κ2) is 9.46. The summed E-state index contributed by atoms with van der Waals surface area (Å²) in [5.41, 5.74) is 3.45. The van der Waals surface area contributed by atoms with Gasteiger partial charge in [-0.1, -0.05) is 19.1 Å². The lowest BCUT2D eigenvalue weighted by molar-refractivity contribution is -0.119. The molecule has 34 heavy (non-hydrogen) atoms. The molecule has 1 aliphatic heterocycles. The first-order valence-corrected chi connectivity index (χ1v) is 11.1. The minimum atomic E-state index is -0.385. The highest BCUT2D eigenvalue weighted by molar-refractivity contribution is 6.05. The van der Waals surface area contributed by atoms with Crippen molar-refractivity contribution in [1.82, 2.24) is 9.97 Å². The summed E-state index contributed by atoms with van der Waals surface area (Å²) in [6.07, 6.45) is 0.689. The van der Waals surface area contributed by atoms with Gasteiger partial charge < -0.3 is 20.4 Å². The van der Waals surface area contributed by atoms with Gasteiger partial charge in [-0.2, -0.15) is 4.98 Å². The highest BCUT2D eigenvalue weighted by Gasteiger charge is 2.36. The second-order valence-electron chi connectivity index (χ2n) is 8.25. The molecule has 0 unspecified atom stereocenters. The van der Waals surface area contributed by atoms with Gasteiger partial charge in [0.25, 0.3) is 5.91 Å². The molecule has 0 bridgehead atoms. The molecule has 0 radical (unpaired) electrons. The fourth-order valence-corrected chi connectivity index (χ4v) is 4.06. The van der Waals surface area contributed by atoms with Crippen molar-refractivity contribution in [2.45, 2.75) is 32.9 Å². The first-order chi connectivity index (χ1) is 16.3. The van der Waals surface area contributed by atoms with Crippen molar-refractivity contribution in [3.8, 4) is 0 Å². The maximum absolute atomic E-state index is 13.0. The number of hydrogen-bond donors (Lipinski definition) is 2. The second-order valence-corrected chi connectivity index (χ2v) is 8.25. The smallest absolute Gasteiger partial charge is 0.255 e. The van der Waals surface area contributed by atoms with Crippen molar-refractivity contribution in [2.24, 2.45) is 0 Å². The van der Waals surface area contributed by atoms with Gasteiger partial charge in [0, 0.05) is 31.9 Å². The maximum Gasteiger partial charge on any atom is 0.255 e. The van der Waals surface area contributed by atoms with Crippen molar-refractivity contribution in [1.29, 1.82) is 0 Å². The molecule has 1 aromatic heterocycles. The Balaban J connectivity index is 1.43. The van der Waals surface area contributed by atoms with Crippen molar-refractivity contribution < 1.29 is 14.0 Å². The number of fused-ring (bicyclic) bond motifs is 1. The summed E-state index contributed by atoms with van der Waals surface area (Å²) in [4.78, 5) is 37.7.